The number of halogens is 1. The summed E-state index contributed by atoms with van der Waals surface area (Å²) >= 11 is 0. The maximum absolute atomic E-state index is 15.6. The van der Waals surface area contributed by atoms with Crippen molar-refractivity contribution in [2.24, 2.45) is 0 Å². The fourth-order valence-corrected chi connectivity index (χ4v) is 5.43. The molecule has 0 unspecified atom stereocenters. The molecule has 0 saturated carbocycles. The van der Waals surface area contributed by atoms with E-state index < -0.39 is 5.82 Å². The fraction of sp³-hybridized carbons (Fsp3) is 0.300. The highest BCUT2D eigenvalue weighted by Crippen LogP contribution is 2.38. The van der Waals surface area contributed by atoms with E-state index >= 15 is 4.39 Å². The number of aryl methyl sites for hydroxylation is 2. The number of amides is 1. The molecule has 1 amide bonds. The Bertz CT molecular complexity index is 1590. The highest BCUT2D eigenvalue weighted by atomic mass is 19.1. The van der Waals surface area contributed by atoms with Crippen molar-refractivity contribution in [3.63, 3.8) is 0 Å². The van der Waals surface area contributed by atoms with E-state index in [2.05, 4.69) is 52.6 Å². The van der Waals surface area contributed by atoms with Gasteiger partial charge in [-0.3, -0.25) is 9.89 Å². The van der Waals surface area contributed by atoms with Gasteiger partial charge in [0.05, 0.1) is 29.4 Å². The number of benzene rings is 3. The highest BCUT2D eigenvalue weighted by Gasteiger charge is 2.21. The van der Waals surface area contributed by atoms with E-state index in [4.69, 9.17) is 0 Å². The lowest BCUT2D eigenvalue weighted by atomic mass is 9.90. The number of hydrogen-bond donors (Lipinski definition) is 2. The Morgan fingerprint density at radius 1 is 1.18 bits per heavy atom. The molecule has 0 fully saturated rings. The van der Waals surface area contributed by atoms with Crippen LogP contribution in [0.3, 0.4) is 0 Å². The van der Waals surface area contributed by atoms with Crippen LogP contribution in [0.2, 0.25) is 0 Å². The number of fused-ring (bicyclic) bond motifs is 2. The van der Waals surface area contributed by atoms with Crippen LogP contribution >= 0.6 is 0 Å². The predicted molar refractivity (Wildman–Crippen MR) is 148 cm³/mol. The lowest BCUT2D eigenvalue weighted by molar-refractivity contribution is -0.116. The first-order chi connectivity index (χ1) is 18.1. The van der Waals surface area contributed by atoms with Crippen LogP contribution in [0.5, 0.6) is 0 Å². The van der Waals surface area contributed by atoms with Crippen LogP contribution in [0.25, 0.3) is 33.3 Å². The summed E-state index contributed by atoms with van der Waals surface area (Å²) in [5.41, 5.74) is 8.62. The van der Waals surface area contributed by atoms with Gasteiger partial charge in [-0.05, 0) is 100 Å². The molecule has 1 aromatic heterocycles. The molecule has 0 radical (unpaired) electrons. The normalized spacial score (nSPS) is 13.5. The Labute approximate surface area is 221 Å². The summed E-state index contributed by atoms with van der Waals surface area (Å²) in [6.45, 7) is 6.05. The van der Waals surface area contributed by atoms with Crippen LogP contribution in [-0.4, -0.2) is 60.1 Å². The third-order valence-corrected chi connectivity index (χ3v) is 7.14. The van der Waals surface area contributed by atoms with Gasteiger partial charge in [0.25, 0.3) is 0 Å². The molecule has 0 bridgehead atoms. The molecule has 1 aliphatic heterocycles. The maximum Gasteiger partial charge on any atom is 0.238 e. The molecule has 0 atom stereocenters. The zero-order valence-corrected chi connectivity index (χ0v) is 22.4. The second kappa shape index (κ2) is 10.0. The van der Waals surface area contributed by atoms with E-state index in [1.54, 1.807) is 38.1 Å². The summed E-state index contributed by atoms with van der Waals surface area (Å²) in [7, 11) is 5.71. The fourth-order valence-electron chi connectivity index (χ4n) is 5.43. The number of rotatable bonds is 5. The molecule has 0 spiro atoms. The van der Waals surface area contributed by atoms with Crippen molar-refractivity contribution < 1.29 is 9.18 Å². The Hall–Kier alpha value is -4.06. The Balaban J connectivity index is 1.60. The SMILES string of the molecule is Cc1cc(-c2n[nH]c3cc(C#N)c(-c4c(C)cc(NC(=O)CN(C)C)cc4F)cc23)cc2c1CCN(C)C2. The van der Waals surface area contributed by atoms with Crippen molar-refractivity contribution in [1.82, 2.24) is 20.0 Å². The van der Waals surface area contributed by atoms with Gasteiger partial charge in [-0.15, -0.1) is 0 Å². The molecule has 8 heteroatoms. The number of nitrogens with one attached hydrogen (secondary N) is 2. The number of aromatic nitrogens is 2. The van der Waals surface area contributed by atoms with Crippen LogP contribution in [0, 0.1) is 31.0 Å². The second-order valence-electron chi connectivity index (χ2n) is 10.5. The molecule has 3 aromatic carbocycles. The summed E-state index contributed by atoms with van der Waals surface area (Å²) in [5.74, 6) is -0.728. The van der Waals surface area contributed by atoms with Crippen LogP contribution < -0.4 is 5.32 Å². The number of hydrogen-bond acceptors (Lipinski definition) is 5. The lowest BCUT2D eigenvalue weighted by Crippen LogP contribution is -2.27. The standard InChI is InChI=1S/C30H31FN6O/c1-17-8-19(10-21-15-37(5)7-6-23(17)21)30-25-13-24(20(14-32)11-27(25)34-35-30)29-18(2)9-22(12-26(29)31)33-28(38)16-36(3)4/h8-13H,6-7,15-16H2,1-5H3,(H,33,38)(H,34,35). The molecular formula is C30H31FN6O. The summed E-state index contributed by atoms with van der Waals surface area (Å²) in [6, 6.07) is 13.2. The van der Waals surface area contributed by atoms with Gasteiger partial charge in [0.2, 0.25) is 5.91 Å². The molecular weight excluding hydrogens is 479 g/mol. The van der Waals surface area contributed by atoms with Crippen molar-refractivity contribution in [2.75, 3.05) is 39.5 Å². The number of likely N-dealkylation sites (N-methyl/N-ethyl adjacent to an activating group) is 2. The number of carbonyl (C=O) groups is 1. The number of anilines is 1. The largest absolute Gasteiger partial charge is 0.325 e. The maximum atomic E-state index is 15.6. The van der Waals surface area contributed by atoms with Gasteiger partial charge in [-0.25, -0.2) is 4.39 Å². The number of nitrogens with zero attached hydrogens (tertiary/aromatic N) is 4. The Morgan fingerprint density at radius 3 is 2.68 bits per heavy atom. The van der Waals surface area contributed by atoms with Crippen LogP contribution in [0.15, 0.2) is 36.4 Å². The first-order valence-electron chi connectivity index (χ1n) is 12.6. The average molecular weight is 511 g/mol. The Kier molecular flexibility index (Phi) is 6.74. The van der Waals surface area contributed by atoms with Crippen LogP contribution in [0.1, 0.15) is 27.8 Å². The molecule has 38 heavy (non-hydrogen) atoms. The summed E-state index contributed by atoms with van der Waals surface area (Å²) in [5, 5.41) is 21.2. The lowest BCUT2D eigenvalue weighted by Gasteiger charge is -2.26. The van der Waals surface area contributed by atoms with E-state index in [0.29, 0.717) is 27.9 Å². The molecule has 7 nitrogen and oxygen atoms in total. The average Bonchev–Trinajstić information content (AvgIpc) is 3.25. The Morgan fingerprint density at radius 2 is 1.97 bits per heavy atom. The van der Waals surface area contributed by atoms with E-state index in [0.717, 1.165) is 41.7 Å². The van der Waals surface area contributed by atoms with Crippen LogP contribution in [0.4, 0.5) is 10.1 Å². The smallest absolute Gasteiger partial charge is 0.238 e. The zero-order valence-electron chi connectivity index (χ0n) is 22.4. The topological polar surface area (TPSA) is 88.0 Å². The minimum absolute atomic E-state index is 0.194. The van der Waals surface area contributed by atoms with E-state index in [1.165, 1.54) is 22.8 Å². The quantitative estimate of drug-likeness (QED) is 0.394. The van der Waals surface area contributed by atoms with Crippen molar-refractivity contribution in [2.45, 2.75) is 26.8 Å². The first-order valence-corrected chi connectivity index (χ1v) is 12.6. The molecule has 2 heterocycles. The summed E-state index contributed by atoms with van der Waals surface area (Å²) < 4.78 is 15.6. The third-order valence-electron chi connectivity index (χ3n) is 7.14. The molecule has 194 valence electrons. The first kappa shape index (κ1) is 25.6. The van der Waals surface area contributed by atoms with Crippen molar-refractivity contribution in [3.8, 4) is 28.5 Å². The number of carbonyl (C=O) groups excluding carboxylic acids is 1. The van der Waals surface area contributed by atoms with E-state index in [9.17, 15) is 10.1 Å². The summed E-state index contributed by atoms with van der Waals surface area (Å²) in [4.78, 5) is 16.2. The molecule has 4 aromatic rings. The predicted octanol–water partition coefficient (Wildman–Crippen LogP) is 5.01. The molecule has 2 N–H and O–H groups in total. The van der Waals surface area contributed by atoms with E-state index in [-0.39, 0.29) is 12.5 Å². The second-order valence-corrected chi connectivity index (χ2v) is 10.5. The third kappa shape index (κ3) is 4.78. The van der Waals surface area contributed by atoms with Crippen LogP contribution in [-0.2, 0) is 17.8 Å². The van der Waals surface area contributed by atoms with Gasteiger partial charge in [0.15, 0.2) is 0 Å². The molecule has 0 aliphatic carbocycles. The monoisotopic (exact) mass is 510 g/mol. The molecule has 1 aliphatic rings. The van der Waals surface area contributed by atoms with Gasteiger partial charge in [0, 0.05) is 40.9 Å². The van der Waals surface area contributed by atoms with Gasteiger partial charge in [-0.2, -0.15) is 10.4 Å². The number of aromatic amines is 1. The highest BCUT2D eigenvalue weighted by molar-refractivity contribution is 5.98. The summed E-state index contributed by atoms with van der Waals surface area (Å²) in [6.07, 6.45) is 1.03. The number of nitriles is 1. The van der Waals surface area contributed by atoms with E-state index in [1.807, 2.05) is 6.07 Å². The van der Waals surface area contributed by atoms with Crippen molar-refractivity contribution in [3.05, 3.63) is 70.0 Å². The minimum atomic E-state index is -0.501. The minimum Gasteiger partial charge on any atom is -0.325 e. The van der Waals surface area contributed by atoms with Crippen molar-refractivity contribution >= 4 is 22.5 Å². The van der Waals surface area contributed by atoms with Crippen molar-refractivity contribution in [1.29, 1.82) is 5.26 Å². The molecule has 0 saturated heterocycles. The number of H-pyrrole nitrogens is 1. The van der Waals surface area contributed by atoms with Gasteiger partial charge in [0.1, 0.15) is 5.82 Å². The zero-order chi connectivity index (χ0) is 27.1. The van der Waals surface area contributed by atoms with Gasteiger partial charge < -0.3 is 15.1 Å². The molecule has 5 rings (SSSR count). The van der Waals surface area contributed by atoms with Gasteiger partial charge >= 0.3 is 0 Å². The van der Waals surface area contributed by atoms with Gasteiger partial charge in [-0.1, -0.05) is 0 Å².